The lowest BCUT2D eigenvalue weighted by atomic mass is 10.3. The first-order valence-corrected chi connectivity index (χ1v) is 5.10. The molecule has 0 aliphatic carbocycles. The number of hydrogen-bond acceptors (Lipinski definition) is 3. The van der Waals surface area contributed by atoms with Gasteiger partial charge in [-0.2, -0.15) is 4.98 Å². The number of rotatable bonds is 3. The number of nitrogens with zero attached hydrogens (tertiary/aromatic N) is 1. The maximum Gasteiger partial charge on any atom is 0.574 e. The van der Waals surface area contributed by atoms with Gasteiger partial charge in [0.2, 0.25) is 11.8 Å². The van der Waals surface area contributed by atoms with Crippen LogP contribution in [0.4, 0.5) is 22.0 Å². The van der Waals surface area contributed by atoms with Gasteiger partial charge in [-0.1, -0.05) is 0 Å². The molecule has 17 heavy (non-hydrogen) atoms. The molecule has 3 nitrogen and oxygen atoms in total. The molecule has 0 N–H and O–H groups in total. The molecule has 0 bridgehead atoms. The Morgan fingerprint density at radius 1 is 1.35 bits per heavy atom. The van der Waals surface area contributed by atoms with E-state index in [-0.39, 0.29) is 9.45 Å². The van der Waals surface area contributed by atoms with Crippen LogP contribution in [0.25, 0.3) is 0 Å². The zero-order valence-corrected chi connectivity index (χ0v) is 10.3. The van der Waals surface area contributed by atoms with E-state index in [2.05, 4.69) is 14.5 Å². The number of hydrogen-bond donors (Lipinski definition) is 0. The van der Waals surface area contributed by atoms with Crippen LogP contribution in [-0.2, 0) is 0 Å². The van der Waals surface area contributed by atoms with Crippen molar-refractivity contribution in [1.29, 1.82) is 0 Å². The van der Waals surface area contributed by atoms with E-state index in [4.69, 9.17) is 0 Å². The lowest BCUT2D eigenvalue weighted by Crippen LogP contribution is -2.19. The lowest BCUT2D eigenvalue weighted by molar-refractivity contribution is -0.276. The summed E-state index contributed by atoms with van der Waals surface area (Å²) >= 11 is 1.45. The Balaban J connectivity index is 3.27. The van der Waals surface area contributed by atoms with E-state index < -0.39 is 24.2 Å². The molecule has 1 aromatic rings. The fourth-order valence-electron chi connectivity index (χ4n) is 0.970. The molecule has 0 atom stereocenters. The Morgan fingerprint density at radius 3 is 2.35 bits per heavy atom. The molecule has 0 radical (unpaired) electrons. The Morgan fingerprint density at radius 2 is 1.94 bits per heavy atom. The van der Waals surface area contributed by atoms with Gasteiger partial charge in [0.15, 0.2) is 0 Å². The molecule has 0 unspecified atom stereocenters. The second kappa shape index (κ2) is 5.19. The van der Waals surface area contributed by atoms with Crippen LogP contribution in [-0.4, -0.2) is 18.5 Å². The standard InChI is InChI=1S/C8H5F5INO2/c1-16-4-2-3(14)5(6(9)10)7(15-4)17-8(11,12)13/h2,6H,1H3. The molecule has 1 rings (SSSR count). The van der Waals surface area contributed by atoms with Gasteiger partial charge in [-0.15, -0.1) is 13.2 Å². The monoisotopic (exact) mass is 369 g/mol. The molecular weight excluding hydrogens is 364 g/mol. The van der Waals surface area contributed by atoms with Crippen LogP contribution >= 0.6 is 22.6 Å². The first-order valence-electron chi connectivity index (χ1n) is 4.03. The molecule has 1 aromatic heterocycles. The summed E-state index contributed by atoms with van der Waals surface area (Å²) in [7, 11) is 1.15. The van der Waals surface area contributed by atoms with Gasteiger partial charge < -0.3 is 9.47 Å². The Hall–Kier alpha value is -0.870. The molecular formula is C8H5F5INO2. The average molecular weight is 369 g/mol. The van der Waals surface area contributed by atoms with Crippen molar-refractivity contribution in [1.82, 2.24) is 4.98 Å². The number of ether oxygens (including phenoxy) is 2. The normalized spacial score (nSPS) is 11.8. The van der Waals surface area contributed by atoms with Crippen LogP contribution in [0.3, 0.4) is 0 Å². The maximum atomic E-state index is 12.6. The number of halogens is 6. The van der Waals surface area contributed by atoms with Gasteiger partial charge in [0.05, 0.1) is 12.7 Å². The van der Waals surface area contributed by atoms with Crippen LogP contribution in [0.5, 0.6) is 11.8 Å². The Kier molecular flexibility index (Phi) is 4.33. The van der Waals surface area contributed by atoms with Gasteiger partial charge >= 0.3 is 6.36 Å². The number of methoxy groups -OCH3 is 1. The lowest BCUT2D eigenvalue weighted by Gasteiger charge is -2.14. The zero-order valence-electron chi connectivity index (χ0n) is 8.19. The van der Waals surface area contributed by atoms with Gasteiger partial charge in [0, 0.05) is 9.64 Å². The Labute approximate surface area is 106 Å². The van der Waals surface area contributed by atoms with E-state index in [9.17, 15) is 22.0 Å². The molecule has 0 spiro atoms. The summed E-state index contributed by atoms with van der Waals surface area (Å²) in [6, 6.07) is 1.09. The molecule has 0 aliphatic rings. The minimum Gasteiger partial charge on any atom is -0.481 e. The molecule has 0 saturated carbocycles. The molecule has 0 fully saturated rings. The number of pyridine rings is 1. The molecule has 1 heterocycles. The Bertz CT molecular complexity index is 410. The summed E-state index contributed by atoms with van der Waals surface area (Å²) in [5.74, 6) is -1.44. The van der Waals surface area contributed by atoms with Crippen LogP contribution in [0.2, 0.25) is 0 Å². The van der Waals surface area contributed by atoms with Crippen LogP contribution in [0.1, 0.15) is 12.0 Å². The SMILES string of the molecule is COc1cc(I)c(C(F)F)c(OC(F)(F)F)n1. The summed E-state index contributed by atoms with van der Waals surface area (Å²) < 4.78 is 69.0. The number of alkyl halides is 5. The third-order valence-corrected chi connectivity index (χ3v) is 2.48. The molecule has 0 amide bonds. The average Bonchev–Trinajstić information content (AvgIpc) is 2.13. The minimum atomic E-state index is -5.09. The van der Waals surface area contributed by atoms with Crippen molar-refractivity contribution < 1.29 is 31.4 Å². The quantitative estimate of drug-likeness (QED) is 0.604. The first kappa shape index (κ1) is 14.2. The largest absolute Gasteiger partial charge is 0.574 e. The minimum absolute atomic E-state index is 0.122. The summed E-state index contributed by atoms with van der Waals surface area (Å²) in [5.41, 5.74) is -0.913. The van der Waals surface area contributed by atoms with Gasteiger partial charge in [-0.25, -0.2) is 8.78 Å². The van der Waals surface area contributed by atoms with Crippen molar-refractivity contribution in [2.24, 2.45) is 0 Å². The third-order valence-electron chi connectivity index (χ3n) is 1.59. The van der Waals surface area contributed by atoms with Crippen LogP contribution in [0, 0.1) is 3.57 Å². The van der Waals surface area contributed by atoms with E-state index >= 15 is 0 Å². The highest BCUT2D eigenvalue weighted by molar-refractivity contribution is 14.1. The predicted octanol–water partition coefficient (Wildman–Crippen LogP) is 3.53. The van der Waals surface area contributed by atoms with E-state index in [1.807, 2.05) is 0 Å². The summed E-state index contributed by atoms with van der Waals surface area (Å²) in [4.78, 5) is 3.21. The van der Waals surface area contributed by atoms with E-state index in [0.717, 1.165) is 13.2 Å². The van der Waals surface area contributed by atoms with Crippen molar-refractivity contribution >= 4 is 22.6 Å². The summed E-state index contributed by atoms with van der Waals surface area (Å²) in [6.45, 7) is 0. The fraction of sp³-hybridized carbons (Fsp3) is 0.375. The van der Waals surface area contributed by atoms with E-state index in [1.165, 1.54) is 22.6 Å². The van der Waals surface area contributed by atoms with Gasteiger partial charge in [-0.05, 0) is 22.6 Å². The summed E-state index contributed by atoms with van der Waals surface area (Å²) in [5, 5.41) is 0. The number of aromatic nitrogens is 1. The van der Waals surface area contributed by atoms with Gasteiger partial charge in [0.1, 0.15) is 0 Å². The third kappa shape index (κ3) is 3.82. The van der Waals surface area contributed by atoms with Crippen LogP contribution in [0.15, 0.2) is 6.07 Å². The van der Waals surface area contributed by atoms with E-state index in [0.29, 0.717) is 0 Å². The highest BCUT2D eigenvalue weighted by atomic mass is 127. The predicted molar refractivity (Wildman–Crippen MR) is 55.1 cm³/mol. The highest BCUT2D eigenvalue weighted by Gasteiger charge is 2.35. The van der Waals surface area contributed by atoms with Crippen molar-refractivity contribution in [3.05, 3.63) is 15.2 Å². The van der Waals surface area contributed by atoms with Crippen molar-refractivity contribution in [2.45, 2.75) is 12.8 Å². The van der Waals surface area contributed by atoms with Crippen molar-refractivity contribution in [3.63, 3.8) is 0 Å². The fourth-order valence-corrected chi connectivity index (χ4v) is 1.70. The van der Waals surface area contributed by atoms with E-state index in [1.54, 1.807) is 0 Å². The maximum absolute atomic E-state index is 12.6. The van der Waals surface area contributed by atoms with Gasteiger partial charge in [0.25, 0.3) is 6.43 Å². The van der Waals surface area contributed by atoms with Crippen molar-refractivity contribution in [2.75, 3.05) is 7.11 Å². The molecule has 9 heteroatoms. The molecule has 0 aromatic carbocycles. The van der Waals surface area contributed by atoms with Gasteiger partial charge in [-0.3, -0.25) is 0 Å². The zero-order chi connectivity index (χ0) is 13.2. The summed E-state index contributed by atoms with van der Waals surface area (Å²) in [6.07, 6.45) is -8.22. The van der Waals surface area contributed by atoms with Crippen molar-refractivity contribution in [3.8, 4) is 11.8 Å². The molecule has 96 valence electrons. The highest BCUT2D eigenvalue weighted by Crippen LogP contribution is 2.36. The molecule has 0 aliphatic heterocycles. The second-order valence-electron chi connectivity index (χ2n) is 2.71. The topological polar surface area (TPSA) is 31.4 Å². The first-order chi connectivity index (χ1) is 7.74. The van der Waals surface area contributed by atoms with Crippen LogP contribution < -0.4 is 9.47 Å². The molecule has 0 saturated heterocycles. The smallest absolute Gasteiger partial charge is 0.481 e. The second-order valence-corrected chi connectivity index (χ2v) is 3.88.